The fourth-order valence-corrected chi connectivity index (χ4v) is 2.53. The van der Waals surface area contributed by atoms with E-state index < -0.39 is 0 Å². The molecule has 1 N–H and O–H groups in total. The number of ether oxygens (including phenoxy) is 2. The van der Waals surface area contributed by atoms with E-state index >= 15 is 0 Å². The molecule has 1 aromatic rings. The summed E-state index contributed by atoms with van der Waals surface area (Å²) in [6, 6.07) is 6.50. The van der Waals surface area contributed by atoms with Gasteiger partial charge in [0.25, 0.3) is 0 Å². The Morgan fingerprint density at radius 3 is 2.63 bits per heavy atom. The largest absolute Gasteiger partial charge is 0.497 e. The van der Waals surface area contributed by atoms with Crippen molar-refractivity contribution in [3.63, 3.8) is 0 Å². The molecular formula is C15H24BrNO2. The Morgan fingerprint density at radius 1 is 1.32 bits per heavy atom. The van der Waals surface area contributed by atoms with E-state index in [1.54, 1.807) is 14.2 Å². The lowest BCUT2D eigenvalue weighted by Gasteiger charge is -2.22. The van der Waals surface area contributed by atoms with E-state index in [1.807, 2.05) is 12.1 Å². The van der Waals surface area contributed by atoms with Gasteiger partial charge in [0, 0.05) is 17.6 Å². The minimum atomic E-state index is 0.258. The van der Waals surface area contributed by atoms with Crippen molar-refractivity contribution in [2.24, 2.45) is 0 Å². The standard InChI is InChI=1S/C15H24BrNO2/c1-5-17-13(8-11(2)18-3)9-12-10-14(19-4)6-7-15(12)16/h6-7,10-11,13,17H,5,8-9H2,1-4H3. The summed E-state index contributed by atoms with van der Waals surface area (Å²) < 4.78 is 11.8. The molecular weight excluding hydrogens is 306 g/mol. The number of likely N-dealkylation sites (N-methyl/N-ethyl adjacent to an activating group) is 1. The van der Waals surface area contributed by atoms with Crippen molar-refractivity contribution < 1.29 is 9.47 Å². The average Bonchev–Trinajstić information content (AvgIpc) is 2.41. The molecule has 0 fully saturated rings. The van der Waals surface area contributed by atoms with Crippen molar-refractivity contribution in [2.45, 2.75) is 38.8 Å². The molecule has 0 saturated carbocycles. The minimum absolute atomic E-state index is 0.258. The van der Waals surface area contributed by atoms with Crippen LogP contribution in [0, 0.1) is 0 Å². The highest BCUT2D eigenvalue weighted by atomic mass is 79.9. The highest BCUT2D eigenvalue weighted by molar-refractivity contribution is 9.10. The van der Waals surface area contributed by atoms with Crippen LogP contribution in [0.5, 0.6) is 5.75 Å². The normalized spacial score (nSPS) is 14.2. The third-order valence-corrected chi connectivity index (χ3v) is 4.00. The number of hydrogen-bond donors (Lipinski definition) is 1. The van der Waals surface area contributed by atoms with Gasteiger partial charge in [-0.2, -0.15) is 0 Å². The van der Waals surface area contributed by atoms with Gasteiger partial charge in [-0.05, 0) is 50.1 Å². The highest BCUT2D eigenvalue weighted by Crippen LogP contribution is 2.24. The second kappa shape index (κ2) is 8.56. The topological polar surface area (TPSA) is 30.5 Å². The van der Waals surface area contributed by atoms with Crippen LogP contribution in [-0.2, 0) is 11.2 Å². The van der Waals surface area contributed by atoms with Gasteiger partial charge in [0.15, 0.2) is 0 Å². The maximum Gasteiger partial charge on any atom is 0.119 e. The molecule has 0 aliphatic carbocycles. The summed E-state index contributed by atoms with van der Waals surface area (Å²) in [6.07, 6.45) is 2.21. The minimum Gasteiger partial charge on any atom is -0.497 e. The smallest absolute Gasteiger partial charge is 0.119 e. The van der Waals surface area contributed by atoms with Crippen molar-refractivity contribution in [2.75, 3.05) is 20.8 Å². The summed E-state index contributed by atoms with van der Waals surface area (Å²) in [5.41, 5.74) is 1.26. The fourth-order valence-electron chi connectivity index (χ4n) is 2.12. The van der Waals surface area contributed by atoms with E-state index in [1.165, 1.54) is 5.56 Å². The zero-order chi connectivity index (χ0) is 14.3. The lowest BCUT2D eigenvalue weighted by molar-refractivity contribution is 0.101. The maximum absolute atomic E-state index is 5.36. The van der Waals surface area contributed by atoms with Crippen molar-refractivity contribution >= 4 is 15.9 Å². The Balaban J connectivity index is 2.77. The predicted molar refractivity (Wildman–Crippen MR) is 83.0 cm³/mol. The highest BCUT2D eigenvalue weighted by Gasteiger charge is 2.14. The molecule has 2 unspecified atom stereocenters. The molecule has 3 nitrogen and oxygen atoms in total. The molecule has 0 saturated heterocycles. The van der Waals surface area contributed by atoms with Gasteiger partial charge in [0.1, 0.15) is 5.75 Å². The van der Waals surface area contributed by atoms with E-state index in [9.17, 15) is 0 Å². The molecule has 1 rings (SSSR count). The fraction of sp³-hybridized carbons (Fsp3) is 0.600. The van der Waals surface area contributed by atoms with E-state index in [0.717, 1.165) is 29.6 Å². The first kappa shape index (κ1) is 16.5. The van der Waals surface area contributed by atoms with Crippen LogP contribution >= 0.6 is 15.9 Å². The number of nitrogens with one attached hydrogen (secondary N) is 1. The van der Waals surface area contributed by atoms with Gasteiger partial charge in [-0.25, -0.2) is 0 Å². The van der Waals surface area contributed by atoms with Crippen LogP contribution in [0.2, 0.25) is 0 Å². The SMILES string of the molecule is CCNC(Cc1cc(OC)ccc1Br)CC(C)OC. The number of hydrogen-bond acceptors (Lipinski definition) is 3. The number of halogens is 1. The van der Waals surface area contributed by atoms with E-state index in [0.29, 0.717) is 6.04 Å². The van der Waals surface area contributed by atoms with Crippen molar-refractivity contribution in [1.82, 2.24) is 5.32 Å². The van der Waals surface area contributed by atoms with Crippen molar-refractivity contribution in [3.05, 3.63) is 28.2 Å². The summed E-state index contributed by atoms with van der Waals surface area (Å²) in [5.74, 6) is 0.897. The molecule has 0 aliphatic heterocycles. The summed E-state index contributed by atoms with van der Waals surface area (Å²) in [5, 5.41) is 3.52. The number of methoxy groups -OCH3 is 2. The van der Waals surface area contributed by atoms with Gasteiger partial charge in [-0.3, -0.25) is 0 Å². The molecule has 2 atom stereocenters. The first-order valence-corrected chi connectivity index (χ1v) is 7.48. The second-order valence-electron chi connectivity index (χ2n) is 4.70. The van der Waals surface area contributed by atoms with Gasteiger partial charge in [-0.15, -0.1) is 0 Å². The lowest BCUT2D eigenvalue weighted by atomic mass is 10.0. The molecule has 1 aromatic carbocycles. The van der Waals surface area contributed by atoms with Crippen LogP contribution in [0.15, 0.2) is 22.7 Å². The zero-order valence-electron chi connectivity index (χ0n) is 12.2. The molecule has 0 heterocycles. The van der Waals surface area contributed by atoms with Crippen LogP contribution in [0.1, 0.15) is 25.8 Å². The Labute approximate surface area is 124 Å². The molecule has 0 radical (unpaired) electrons. The lowest BCUT2D eigenvalue weighted by Crippen LogP contribution is -2.34. The summed E-state index contributed by atoms with van der Waals surface area (Å²) in [6.45, 7) is 5.19. The third kappa shape index (κ3) is 5.51. The van der Waals surface area contributed by atoms with Gasteiger partial charge in [-0.1, -0.05) is 22.9 Å². The van der Waals surface area contributed by atoms with Crippen LogP contribution < -0.4 is 10.1 Å². The monoisotopic (exact) mass is 329 g/mol. The third-order valence-electron chi connectivity index (χ3n) is 3.23. The molecule has 0 aromatic heterocycles. The van der Waals surface area contributed by atoms with Gasteiger partial charge in [0.05, 0.1) is 13.2 Å². The predicted octanol–water partition coefficient (Wildman–Crippen LogP) is 3.40. The Kier molecular flexibility index (Phi) is 7.42. The second-order valence-corrected chi connectivity index (χ2v) is 5.55. The van der Waals surface area contributed by atoms with Crippen LogP contribution in [0.25, 0.3) is 0 Å². The molecule has 108 valence electrons. The van der Waals surface area contributed by atoms with Gasteiger partial charge >= 0.3 is 0 Å². The first-order chi connectivity index (χ1) is 9.10. The maximum atomic E-state index is 5.36. The summed E-state index contributed by atoms with van der Waals surface area (Å²) in [4.78, 5) is 0. The number of benzene rings is 1. The summed E-state index contributed by atoms with van der Waals surface area (Å²) in [7, 11) is 3.46. The van der Waals surface area contributed by atoms with E-state index in [4.69, 9.17) is 9.47 Å². The first-order valence-electron chi connectivity index (χ1n) is 6.69. The van der Waals surface area contributed by atoms with Gasteiger partial charge < -0.3 is 14.8 Å². The average molecular weight is 330 g/mol. The molecule has 0 aliphatic rings. The molecule has 0 amide bonds. The molecule has 0 spiro atoms. The molecule has 19 heavy (non-hydrogen) atoms. The van der Waals surface area contributed by atoms with Crippen molar-refractivity contribution in [3.8, 4) is 5.75 Å². The van der Waals surface area contributed by atoms with Crippen molar-refractivity contribution in [1.29, 1.82) is 0 Å². The van der Waals surface area contributed by atoms with Crippen LogP contribution in [0.3, 0.4) is 0 Å². The quantitative estimate of drug-likeness (QED) is 0.792. The molecule has 4 heteroatoms. The van der Waals surface area contributed by atoms with Crippen LogP contribution in [0.4, 0.5) is 0 Å². The molecule has 0 bridgehead atoms. The Morgan fingerprint density at radius 2 is 2.05 bits per heavy atom. The van der Waals surface area contributed by atoms with Crippen LogP contribution in [-0.4, -0.2) is 32.9 Å². The Bertz CT molecular complexity index is 384. The Hall–Kier alpha value is -0.580. The number of rotatable bonds is 8. The van der Waals surface area contributed by atoms with E-state index in [2.05, 4.69) is 41.2 Å². The summed E-state index contributed by atoms with van der Waals surface area (Å²) >= 11 is 3.61. The van der Waals surface area contributed by atoms with E-state index in [-0.39, 0.29) is 6.10 Å². The zero-order valence-corrected chi connectivity index (χ0v) is 13.8. The van der Waals surface area contributed by atoms with Gasteiger partial charge in [0.2, 0.25) is 0 Å².